The van der Waals surface area contributed by atoms with Crippen molar-refractivity contribution in [3.05, 3.63) is 45.8 Å². The van der Waals surface area contributed by atoms with Crippen LogP contribution in [0, 0.1) is 6.92 Å². The second kappa shape index (κ2) is 6.33. The molecule has 0 aromatic carbocycles. The number of amides is 1. The first-order chi connectivity index (χ1) is 9.20. The molecular weight excluding hydrogens is 258 g/mol. The number of carbonyl (C=O) groups excluding carboxylic acids is 1. The molecule has 2 rings (SSSR count). The summed E-state index contributed by atoms with van der Waals surface area (Å²) in [5.74, 6) is 0.528. The summed E-state index contributed by atoms with van der Waals surface area (Å²) in [6, 6.07) is 7.64. The maximum absolute atomic E-state index is 12.1. The van der Waals surface area contributed by atoms with E-state index in [0.717, 1.165) is 11.4 Å². The number of thiophene rings is 1. The second-order valence-electron chi connectivity index (χ2n) is 4.12. The maximum atomic E-state index is 12.1. The van der Waals surface area contributed by atoms with Crippen LogP contribution in [0.3, 0.4) is 0 Å². The van der Waals surface area contributed by atoms with E-state index in [1.54, 1.807) is 29.7 Å². The Kier molecular flexibility index (Phi) is 4.52. The molecule has 0 aliphatic rings. The van der Waals surface area contributed by atoms with E-state index in [9.17, 15) is 4.79 Å². The van der Waals surface area contributed by atoms with Gasteiger partial charge in [-0.05, 0) is 38.1 Å². The molecule has 2 aromatic rings. The van der Waals surface area contributed by atoms with Gasteiger partial charge in [-0.2, -0.15) is 0 Å². The number of nitrogens with zero attached hydrogens (tertiary/aromatic N) is 1. The predicted molar refractivity (Wildman–Crippen MR) is 78.6 cm³/mol. The predicted octanol–water partition coefficient (Wildman–Crippen LogP) is 2.81. The first-order valence-electron chi connectivity index (χ1n) is 6.23. The Morgan fingerprint density at radius 1 is 1.37 bits per heavy atom. The van der Waals surface area contributed by atoms with E-state index < -0.39 is 0 Å². The fourth-order valence-electron chi connectivity index (χ4n) is 1.74. The minimum atomic E-state index is -0.102. The summed E-state index contributed by atoms with van der Waals surface area (Å²) >= 11 is 1.69. The van der Waals surface area contributed by atoms with Gasteiger partial charge in [-0.15, -0.1) is 11.3 Å². The Bertz CT molecular complexity index is 565. The Morgan fingerprint density at radius 3 is 2.89 bits per heavy atom. The number of carbonyl (C=O) groups is 1. The number of aromatic nitrogens is 1. The third-order valence-electron chi connectivity index (χ3n) is 2.62. The molecule has 0 aliphatic heterocycles. The summed E-state index contributed by atoms with van der Waals surface area (Å²) in [4.78, 5) is 18.7. The zero-order valence-corrected chi connectivity index (χ0v) is 11.9. The van der Waals surface area contributed by atoms with Gasteiger partial charge in [-0.1, -0.05) is 0 Å². The van der Waals surface area contributed by atoms with E-state index in [2.05, 4.69) is 28.6 Å². The molecule has 0 aliphatic carbocycles. The van der Waals surface area contributed by atoms with E-state index >= 15 is 0 Å². The molecular formula is C14H17N3OS. The van der Waals surface area contributed by atoms with Crippen LogP contribution < -0.4 is 10.6 Å². The SMILES string of the molecule is CCNc1ncccc1C(=O)NCc1ccc(C)s1. The van der Waals surface area contributed by atoms with Gasteiger partial charge in [0.15, 0.2) is 0 Å². The number of hydrogen-bond acceptors (Lipinski definition) is 4. The summed E-state index contributed by atoms with van der Waals surface area (Å²) in [6.07, 6.45) is 1.68. The third kappa shape index (κ3) is 3.54. The summed E-state index contributed by atoms with van der Waals surface area (Å²) < 4.78 is 0. The molecule has 0 spiro atoms. The van der Waals surface area contributed by atoms with Gasteiger partial charge in [-0.25, -0.2) is 4.98 Å². The fourth-order valence-corrected chi connectivity index (χ4v) is 2.57. The van der Waals surface area contributed by atoms with E-state index in [0.29, 0.717) is 17.9 Å². The van der Waals surface area contributed by atoms with Crippen molar-refractivity contribution in [2.45, 2.75) is 20.4 Å². The van der Waals surface area contributed by atoms with Gasteiger partial charge in [0.2, 0.25) is 0 Å². The molecule has 0 unspecified atom stereocenters. The molecule has 0 saturated heterocycles. The van der Waals surface area contributed by atoms with E-state index in [-0.39, 0.29) is 5.91 Å². The Labute approximate surface area is 116 Å². The van der Waals surface area contributed by atoms with Crippen LogP contribution in [0.4, 0.5) is 5.82 Å². The van der Waals surface area contributed by atoms with Crippen molar-refractivity contribution in [1.29, 1.82) is 0 Å². The van der Waals surface area contributed by atoms with Crippen LogP contribution in [-0.2, 0) is 6.54 Å². The fraction of sp³-hybridized carbons (Fsp3) is 0.286. The van der Waals surface area contributed by atoms with Crippen LogP contribution in [0.15, 0.2) is 30.5 Å². The highest BCUT2D eigenvalue weighted by atomic mass is 32.1. The minimum absolute atomic E-state index is 0.102. The summed E-state index contributed by atoms with van der Waals surface area (Å²) in [7, 11) is 0. The minimum Gasteiger partial charge on any atom is -0.370 e. The topological polar surface area (TPSA) is 54.0 Å². The van der Waals surface area contributed by atoms with Gasteiger partial charge in [0.05, 0.1) is 12.1 Å². The molecule has 4 nitrogen and oxygen atoms in total. The second-order valence-corrected chi connectivity index (χ2v) is 5.50. The average Bonchev–Trinajstić information content (AvgIpc) is 2.83. The normalized spacial score (nSPS) is 10.2. The lowest BCUT2D eigenvalue weighted by Gasteiger charge is -2.09. The average molecular weight is 275 g/mol. The van der Waals surface area contributed by atoms with Gasteiger partial charge >= 0.3 is 0 Å². The maximum Gasteiger partial charge on any atom is 0.255 e. The first-order valence-corrected chi connectivity index (χ1v) is 7.04. The largest absolute Gasteiger partial charge is 0.370 e. The molecule has 1 amide bonds. The lowest BCUT2D eigenvalue weighted by molar-refractivity contribution is 0.0952. The Hall–Kier alpha value is -1.88. The van der Waals surface area contributed by atoms with Crippen LogP contribution in [0.1, 0.15) is 27.0 Å². The molecule has 0 radical (unpaired) electrons. The van der Waals surface area contributed by atoms with Crippen LogP contribution >= 0.6 is 11.3 Å². The monoisotopic (exact) mass is 275 g/mol. The number of pyridine rings is 1. The number of nitrogens with one attached hydrogen (secondary N) is 2. The van der Waals surface area contributed by atoms with Gasteiger partial charge in [0.25, 0.3) is 5.91 Å². The van der Waals surface area contributed by atoms with Crippen LogP contribution in [0.5, 0.6) is 0 Å². The Balaban J connectivity index is 2.03. The smallest absolute Gasteiger partial charge is 0.255 e. The molecule has 19 heavy (non-hydrogen) atoms. The van der Waals surface area contributed by atoms with Crippen LogP contribution in [-0.4, -0.2) is 17.4 Å². The summed E-state index contributed by atoms with van der Waals surface area (Å²) in [6.45, 7) is 5.32. The molecule has 0 fully saturated rings. The molecule has 0 saturated carbocycles. The number of rotatable bonds is 5. The molecule has 5 heteroatoms. The van der Waals surface area contributed by atoms with Crippen LogP contribution in [0.2, 0.25) is 0 Å². The van der Waals surface area contributed by atoms with Crippen LogP contribution in [0.25, 0.3) is 0 Å². The highest BCUT2D eigenvalue weighted by molar-refractivity contribution is 7.11. The van der Waals surface area contributed by atoms with Crippen molar-refractivity contribution in [3.63, 3.8) is 0 Å². The lowest BCUT2D eigenvalue weighted by Crippen LogP contribution is -2.23. The highest BCUT2D eigenvalue weighted by Gasteiger charge is 2.11. The van der Waals surface area contributed by atoms with E-state index in [1.165, 1.54) is 4.88 Å². The van der Waals surface area contributed by atoms with E-state index in [4.69, 9.17) is 0 Å². The van der Waals surface area contributed by atoms with E-state index in [1.807, 2.05) is 13.0 Å². The molecule has 2 N–H and O–H groups in total. The van der Waals surface area contributed by atoms with Gasteiger partial charge in [-0.3, -0.25) is 4.79 Å². The number of aryl methyl sites for hydroxylation is 1. The van der Waals surface area contributed by atoms with Gasteiger partial charge in [0, 0.05) is 22.5 Å². The number of hydrogen-bond donors (Lipinski definition) is 2. The molecule has 0 atom stereocenters. The Morgan fingerprint density at radius 2 is 2.21 bits per heavy atom. The molecule has 2 aromatic heterocycles. The standard InChI is InChI=1S/C14H17N3OS/c1-3-15-13-12(5-4-8-16-13)14(18)17-9-11-7-6-10(2)19-11/h4-8H,3,9H2,1-2H3,(H,15,16)(H,17,18). The lowest BCUT2D eigenvalue weighted by atomic mass is 10.2. The van der Waals surface area contributed by atoms with Crippen molar-refractivity contribution in [1.82, 2.24) is 10.3 Å². The van der Waals surface area contributed by atoms with Gasteiger partial charge < -0.3 is 10.6 Å². The van der Waals surface area contributed by atoms with Crippen molar-refractivity contribution < 1.29 is 4.79 Å². The quantitative estimate of drug-likeness (QED) is 0.882. The zero-order valence-electron chi connectivity index (χ0n) is 11.1. The van der Waals surface area contributed by atoms with Crippen molar-refractivity contribution in [2.24, 2.45) is 0 Å². The summed E-state index contributed by atoms with van der Waals surface area (Å²) in [5.41, 5.74) is 0.581. The first kappa shape index (κ1) is 13.5. The number of anilines is 1. The third-order valence-corrected chi connectivity index (χ3v) is 3.62. The highest BCUT2D eigenvalue weighted by Crippen LogP contribution is 2.15. The molecule has 100 valence electrons. The van der Waals surface area contributed by atoms with Gasteiger partial charge in [0.1, 0.15) is 5.82 Å². The molecule has 0 bridgehead atoms. The zero-order chi connectivity index (χ0) is 13.7. The molecule has 2 heterocycles. The van der Waals surface area contributed by atoms with Crippen molar-refractivity contribution in [2.75, 3.05) is 11.9 Å². The van der Waals surface area contributed by atoms with Crippen molar-refractivity contribution in [3.8, 4) is 0 Å². The summed E-state index contributed by atoms with van der Waals surface area (Å²) in [5, 5.41) is 6.01. The van der Waals surface area contributed by atoms with Crippen molar-refractivity contribution >= 4 is 23.1 Å².